The third-order valence-electron chi connectivity index (χ3n) is 2.59. The first kappa shape index (κ1) is 14.2. The average molecular weight is 254 g/mol. The minimum Gasteiger partial charge on any atom is -0.383 e. The van der Waals surface area contributed by atoms with Gasteiger partial charge in [-0.25, -0.2) is 0 Å². The molecule has 7 nitrogen and oxygen atoms in total. The molecule has 100 valence electrons. The van der Waals surface area contributed by atoms with Gasteiger partial charge in [-0.1, -0.05) is 13.0 Å². The predicted octanol–water partition coefficient (Wildman–Crippen LogP) is 1.72. The van der Waals surface area contributed by atoms with E-state index in [-0.39, 0.29) is 17.4 Å². The molecule has 1 rings (SSSR count). The number of benzene rings is 1. The SMILES string of the molecule is CCC(COC)Nc1cccc(NN)c1[N+](=O)[O-]. The lowest BCUT2D eigenvalue weighted by molar-refractivity contribution is -0.383. The Labute approximate surface area is 105 Å². The van der Waals surface area contributed by atoms with Crippen molar-refractivity contribution in [3.05, 3.63) is 28.3 Å². The van der Waals surface area contributed by atoms with Crippen molar-refractivity contribution < 1.29 is 9.66 Å². The number of nitro benzene ring substituents is 1. The Morgan fingerprint density at radius 2 is 2.17 bits per heavy atom. The zero-order chi connectivity index (χ0) is 13.5. The number of nitro groups is 1. The van der Waals surface area contributed by atoms with Crippen LogP contribution in [0.1, 0.15) is 13.3 Å². The second-order valence-corrected chi connectivity index (χ2v) is 3.81. The maximum Gasteiger partial charge on any atom is 0.316 e. The van der Waals surface area contributed by atoms with E-state index >= 15 is 0 Å². The summed E-state index contributed by atoms with van der Waals surface area (Å²) in [6.07, 6.45) is 0.797. The van der Waals surface area contributed by atoms with Crippen LogP contribution >= 0.6 is 0 Å². The van der Waals surface area contributed by atoms with Crippen LogP contribution < -0.4 is 16.6 Å². The predicted molar refractivity (Wildman–Crippen MR) is 70.5 cm³/mol. The molecular formula is C11H18N4O3. The number of nitrogens with two attached hydrogens (primary N) is 1. The lowest BCUT2D eigenvalue weighted by Gasteiger charge is -2.18. The fourth-order valence-electron chi connectivity index (χ4n) is 1.66. The van der Waals surface area contributed by atoms with Crippen molar-refractivity contribution in [3.8, 4) is 0 Å². The number of anilines is 2. The van der Waals surface area contributed by atoms with E-state index in [1.807, 2.05) is 6.92 Å². The number of rotatable bonds is 7. The molecule has 0 amide bonds. The Morgan fingerprint density at radius 3 is 2.67 bits per heavy atom. The van der Waals surface area contributed by atoms with Crippen molar-refractivity contribution in [2.24, 2.45) is 5.84 Å². The van der Waals surface area contributed by atoms with Gasteiger partial charge in [-0.05, 0) is 18.6 Å². The van der Waals surface area contributed by atoms with Crippen LogP contribution in [-0.2, 0) is 4.74 Å². The van der Waals surface area contributed by atoms with Gasteiger partial charge in [0.2, 0.25) is 0 Å². The van der Waals surface area contributed by atoms with Crippen molar-refractivity contribution in [2.75, 3.05) is 24.5 Å². The molecule has 0 bridgehead atoms. The van der Waals surface area contributed by atoms with Gasteiger partial charge in [-0.3, -0.25) is 16.0 Å². The highest BCUT2D eigenvalue weighted by Gasteiger charge is 2.20. The molecular weight excluding hydrogens is 236 g/mol. The fourth-order valence-corrected chi connectivity index (χ4v) is 1.66. The Morgan fingerprint density at radius 1 is 1.50 bits per heavy atom. The van der Waals surface area contributed by atoms with E-state index < -0.39 is 4.92 Å². The topological polar surface area (TPSA) is 102 Å². The molecule has 0 radical (unpaired) electrons. The summed E-state index contributed by atoms with van der Waals surface area (Å²) in [5.41, 5.74) is 2.97. The molecule has 0 saturated carbocycles. The number of para-hydroxylation sites is 1. The summed E-state index contributed by atoms with van der Waals surface area (Å²) in [5.74, 6) is 5.27. The summed E-state index contributed by atoms with van der Waals surface area (Å²) in [6.45, 7) is 2.46. The zero-order valence-corrected chi connectivity index (χ0v) is 10.5. The molecule has 0 spiro atoms. The minimum absolute atomic E-state index is 0.0155. The molecule has 0 aliphatic carbocycles. The normalized spacial score (nSPS) is 11.9. The minimum atomic E-state index is -0.461. The molecule has 0 aromatic heterocycles. The largest absolute Gasteiger partial charge is 0.383 e. The van der Waals surface area contributed by atoms with Gasteiger partial charge >= 0.3 is 5.69 Å². The van der Waals surface area contributed by atoms with Crippen LogP contribution in [0.2, 0.25) is 0 Å². The molecule has 1 aromatic carbocycles. The number of hydrogen-bond donors (Lipinski definition) is 3. The van der Waals surface area contributed by atoms with Crippen LogP contribution in [-0.4, -0.2) is 24.7 Å². The Kier molecular flexibility index (Phi) is 5.34. The monoisotopic (exact) mass is 254 g/mol. The lowest BCUT2D eigenvalue weighted by Crippen LogP contribution is -2.24. The number of ether oxygens (including phenoxy) is 1. The first-order valence-electron chi connectivity index (χ1n) is 5.63. The Balaban J connectivity index is 3.03. The van der Waals surface area contributed by atoms with Gasteiger partial charge in [0, 0.05) is 13.2 Å². The third-order valence-corrected chi connectivity index (χ3v) is 2.59. The van der Waals surface area contributed by atoms with E-state index in [2.05, 4.69) is 10.7 Å². The second-order valence-electron chi connectivity index (χ2n) is 3.81. The molecule has 0 aliphatic rings. The van der Waals surface area contributed by atoms with E-state index in [9.17, 15) is 10.1 Å². The van der Waals surface area contributed by atoms with E-state index in [4.69, 9.17) is 10.6 Å². The molecule has 0 aliphatic heterocycles. The quantitative estimate of drug-likeness (QED) is 0.389. The van der Waals surface area contributed by atoms with Gasteiger partial charge in [0.15, 0.2) is 0 Å². The number of hydrazine groups is 1. The first-order chi connectivity index (χ1) is 8.63. The standard InChI is InChI=1S/C11H18N4O3/c1-3-8(7-18-2)13-9-5-4-6-10(14-12)11(9)15(16)17/h4-6,8,13-14H,3,7,12H2,1-2H3. The Hall–Kier alpha value is -1.86. The molecule has 1 atom stereocenters. The summed E-state index contributed by atoms with van der Waals surface area (Å²) < 4.78 is 5.05. The highest BCUT2D eigenvalue weighted by atomic mass is 16.6. The molecule has 1 unspecified atom stereocenters. The van der Waals surface area contributed by atoms with Gasteiger partial charge < -0.3 is 15.5 Å². The average Bonchev–Trinajstić information content (AvgIpc) is 2.37. The maximum absolute atomic E-state index is 11.1. The van der Waals surface area contributed by atoms with Crippen molar-refractivity contribution in [3.63, 3.8) is 0 Å². The van der Waals surface area contributed by atoms with Gasteiger partial charge in [-0.15, -0.1) is 0 Å². The first-order valence-corrected chi connectivity index (χ1v) is 5.63. The molecule has 0 saturated heterocycles. The van der Waals surface area contributed by atoms with Crippen LogP contribution in [0.25, 0.3) is 0 Å². The van der Waals surface area contributed by atoms with Gasteiger partial charge in [-0.2, -0.15) is 0 Å². The Bertz CT molecular complexity index is 411. The van der Waals surface area contributed by atoms with Crippen LogP contribution in [0, 0.1) is 10.1 Å². The molecule has 1 aromatic rings. The molecule has 0 fully saturated rings. The van der Waals surface area contributed by atoms with Crippen molar-refractivity contribution in [1.29, 1.82) is 0 Å². The van der Waals surface area contributed by atoms with Gasteiger partial charge in [0.25, 0.3) is 0 Å². The molecule has 4 N–H and O–H groups in total. The van der Waals surface area contributed by atoms with E-state index in [0.717, 1.165) is 6.42 Å². The van der Waals surface area contributed by atoms with Crippen LogP contribution in [0.4, 0.5) is 17.1 Å². The number of hydrogen-bond acceptors (Lipinski definition) is 6. The van der Waals surface area contributed by atoms with Gasteiger partial charge in [0.05, 0.1) is 11.5 Å². The van der Waals surface area contributed by atoms with E-state index in [0.29, 0.717) is 12.3 Å². The van der Waals surface area contributed by atoms with E-state index in [1.54, 1.807) is 25.3 Å². The van der Waals surface area contributed by atoms with E-state index in [1.165, 1.54) is 0 Å². The smallest absolute Gasteiger partial charge is 0.316 e. The van der Waals surface area contributed by atoms with Crippen molar-refractivity contribution in [1.82, 2.24) is 0 Å². The van der Waals surface area contributed by atoms with Gasteiger partial charge in [0.1, 0.15) is 11.4 Å². The molecule has 7 heteroatoms. The lowest BCUT2D eigenvalue weighted by atomic mass is 10.2. The zero-order valence-electron chi connectivity index (χ0n) is 10.5. The fraction of sp³-hybridized carbons (Fsp3) is 0.455. The number of nitrogen functional groups attached to an aromatic ring is 1. The summed E-state index contributed by atoms with van der Waals surface area (Å²) in [6, 6.07) is 4.92. The summed E-state index contributed by atoms with van der Waals surface area (Å²) in [5, 5.41) is 14.2. The maximum atomic E-state index is 11.1. The van der Waals surface area contributed by atoms with Crippen molar-refractivity contribution >= 4 is 17.1 Å². The molecule has 0 heterocycles. The third kappa shape index (κ3) is 3.31. The highest BCUT2D eigenvalue weighted by molar-refractivity contribution is 5.76. The summed E-state index contributed by atoms with van der Waals surface area (Å²) >= 11 is 0. The van der Waals surface area contributed by atoms with Crippen molar-refractivity contribution in [2.45, 2.75) is 19.4 Å². The second kappa shape index (κ2) is 6.77. The highest BCUT2D eigenvalue weighted by Crippen LogP contribution is 2.32. The van der Waals surface area contributed by atoms with Crippen LogP contribution in [0.3, 0.4) is 0 Å². The number of methoxy groups -OCH3 is 1. The summed E-state index contributed by atoms with van der Waals surface area (Å²) in [4.78, 5) is 10.6. The van der Waals surface area contributed by atoms with Crippen LogP contribution in [0.15, 0.2) is 18.2 Å². The number of nitrogens with zero attached hydrogens (tertiary/aromatic N) is 1. The summed E-state index contributed by atoms with van der Waals surface area (Å²) in [7, 11) is 1.59. The molecule has 18 heavy (non-hydrogen) atoms. The number of nitrogens with one attached hydrogen (secondary N) is 2. The van der Waals surface area contributed by atoms with Crippen LogP contribution in [0.5, 0.6) is 0 Å².